The Balaban J connectivity index is 0. The highest BCUT2D eigenvalue weighted by molar-refractivity contribution is 9.10. The van der Waals surface area contributed by atoms with Crippen LogP contribution in [-0.4, -0.2) is 16.3 Å². The summed E-state index contributed by atoms with van der Waals surface area (Å²) in [6.07, 6.45) is 9.23. The number of alkyl halides is 1. The molecule has 0 aliphatic heterocycles. The summed E-state index contributed by atoms with van der Waals surface area (Å²) in [5, 5.41) is 2.04. The standard InChI is InChI=1S/C7H13BrN2O2.C2H2/c1-3-7(8,4-2)5(11)10-6(9)12;1-2/h3-4H2,1-2H3,(H3,9,10,11,12);1-2H. The van der Waals surface area contributed by atoms with E-state index >= 15 is 0 Å². The van der Waals surface area contributed by atoms with Gasteiger partial charge in [0.05, 0.1) is 0 Å². The Morgan fingerprint density at radius 3 is 1.93 bits per heavy atom. The van der Waals surface area contributed by atoms with Gasteiger partial charge in [-0.1, -0.05) is 29.8 Å². The summed E-state index contributed by atoms with van der Waals surface area (Å²) in [5.41, 5.74) is 4.81. The first-order chi connectivity index (χ1) is 6.46. The van der Waals surface area contributed by atoms with Gasteiger partial charge in [-0.25, -0.2) is 4.79 Å². The molecule has 0 aromatic rings. The highest BCUT2D eigenvalue weighted by Gasteiger charge is 2.32. The smallest absolute Gasteiger partial charge is 0.318 e. The first kappa shape index (κ1) is 15.5. The van der Waals surface area contributed by atoms with Crippen LogP contribution in [0.4, 0.5) is 4.79 Å². The molecule has 0 rings (SSSR count). The van der Waals surface area contributed by atoms with Gasteiger partial charge in [-0.05, 0) is 12.8 Å². The fourth-order valence-corrected chi connectivity index (χ4v) is 0.894. The Kier molecular flexibility index (Phi) is 8.16. The van der Waals surface area contributed by atoms with Crippen LogP contribution < -0.4 is 11.1 Å². The van der Waals surface area contributed by atoms with Crippen molar-refractivity contribution < 1.29 is 9.59 Å². The number of rotatable bonds is 3. The zero-order valence-electron chi connectivity index (χ0n) is 8.34. The number of halogens is 1. The number of hydrogen-bond donors (Lipinski definition) is 2. The number of nitrogens with two attached hydrogens (primary N) is 1. The molecule has 0 saturated carbocycles. The molecule has 0 aliphatic rings. The number of terminal acetylenes is 1. The largest absolute Gasteiger partial charge is 0.351 e. The Bertz CT molecular complexity index is 222. The van der Waals surface area contributed by atoms with Crippen molar-refractivity contribution in [3.8, 4) is 12.8 Å². The summed E-state index contributed by atoms with van der Waals surface area (Å²) in [6, 6.07) is -0.814. The molecular weight excluding hydrogens is 248 g/mol. The van der Waals surface area contributed by atoms with Crippen LogP contribution in [0.1, 0.15) is 26.7 Å². The maximum Gasteiger partial charge on any atom is 0.318 e. The number of hydrogen-bond acceptors (Lipinski definition) is 2. The van der Waals surface area contributed by atoms with Gasteiger partial charge in [0, 0.05) is 0 Å². The van der Waals surface area contributed by atoms with Crippen molar-refractivity contribution >= 4 is 27.9 Å². The summed E-state index contributed by atoms with van der Waals surface area (Å²) in [7, 11) is 0. The zero-order valence-corrected chi connectivity index (χ0v) is 9.93. The SMILES string of the molecule is C#C.CCC(Br)(CC)C(=O)NC(N)=O. The highest BCUT2D eigenvalue weighted by atomic mass is 79.9. The van der Waals surface area contributed by atoms with E-state index in [4.69, 9.17) is 5.73 Å². The van der Waals surface area contributed by atoms with Crippen molar-refractivity contribution in [2.45, 2.75) is 31.0 Å². The monoisotopic (exact) mass is 262 g/mol. The maximum absolute atomic E-state index is 11.3. The summed E-state index contributed by atoms with van der Waals surface area (Å²) in [6.45, 7) is 3.72. The first-order valence-electron chi connectivity index (χ1n) is 4.09. The lowest BCUT2D eigenvalue weighted by atomic mass is 10.0. The van der Waals surface area contributed by atoms with Gasteiger partial charge in [-0.15, -0.1) is 12.8 Å². The molecule has 0 saturated heterocycles. The third kappa shape index (κ3) is 4.87. The Morgan fingerprint density at radius 2 is 1.71 bits per heavy atom. The predicted octanol–water partition coefficient (Wildman–Crippen LogP) is 1.38. The predicted molar refractivity (Wildman–Crippen MR) is 59.9 cm³/mol. The zero-order chi connectivity index (χ0) is 11.8. The van der Waals surface area contributed by atoms with E-state index in [9.17, 15) is 9.59 Å². The Morgan fingerprint density at radius 1 is 1.36 bits per heavy atom. The van der Waals surface area contributed by atoms with Crippen molar-refractivity contribution in [3.05, 3.63) is 0 Å². The molecule has 3 N–H and O–H groups in total. The van der Waals surface area contributed by atoms with E-state index in [0.29, 0.717) is 12.8 Å². The molecule has 5 heteroatoms. The van der Waals surface area contributed by atoms with E-state index in [1.807, 2.05) is 19.2 Å². The quantitative estimate of drug-likeness (QED) is 0.596. The number of carbonyl (C=O) groups excluding carboxylic acids is 2. The average molecular weight is 263 g/mol. The molecule has 0 unspecified atom stereocenters. The van der Waals surface area contributed by atoms with E-state index < -0.39 is 10.4 Å². The molecule has 0 aromatic heterocycles. The lowest BCUT2D eigenvalue weighted by molar-refractivity contribution is -0.122. The van der Waals surface area contributed by atoms with Crippen molar-refractivity contribution in [2.75, 3.05) is 0 Å². The summed E-state index contributed by atoms with van der Waals surface area (Å²) >= 11 is 3.26. The molecule has 0 aromatic carbocycles. The number of imide groups is 1. The molecule has 0 atom stereocenters. The number of primary amides is 1. The minimum absolute atomic E-state index is 0.375. The second-order valence-electron chi connectivity index (χ2n) is 2.49. The summed E-state index contributed by atoms with van der Waals surface area (Å²) < 4.78 is -0.665. The van der Waals surface area contributed by atoms with Gasteiger partial charge in [-0.3, -0.25) is 10.1 Å². The van der Waals surface area contributed by atoms with Crippen LogP contribution >= 0.6 is 15.9 Å². The average Bonchev–Trinajstić information content (AvgIpc) is 2.18. The Hall–Kier alpha value is -1.02. The summed E-state index contributed by atoms with van der Waals surface area (Å²) in [5.74, 6) is -0.375. The van der Waals surface area contributed by atoms with Gasteiger partial charge in [0.25, 0.3) is 0 Å². The van der Waals surface area contributed by atoms with Crippen LogP contribution in [0.15, 0.2) is 0 Å². The van der Waals surface area contributed by atoms with Crippen LogP contribution in [0.25, 0.3) is 0 Å². The van der Waals surface area contributed by atoms with Crippen LogP contribution in [0.5, 0.6) is 0 Å². The maximum atomic E-state index is 11.3. The van der Waals surface area contributed by atoms with Gasteiger partial charge in [-0.2, -0.15) is 0 Å². The lowest BCUT2D eigenvalue weighted by Crippen LogP contribution is -2.46. The van der Waals surface area contributed by atoms with Crippen molar-refractivity contribution in [3.63, 3.8) is 0 Å². The number of urea groups is 1. The fraction of sp³-hybridized carbons (Fsp3) is 0.556. The number of nitrogens with one attached hydrogen (secondary N) is 1. The van der Waals surface area contributed by atoms with E-state index in [1.165, 1.54) is 0 Å². The number of carbonyl (C=O) groups is 2. The van der Waals surface area contributed by atoms with E-state index in [0.717, 1.165) is 0 Å². The second-order valence-corrected chi connectivity index (χ2v) is 4.01. The molecule has 14 heavy (non-hydrogen) atoms. The van der Waals surface area contributed by atoms with Crippen molar-refractivity contribution in [1.82, 2.24) is 5.32 Å². The van der Waals surface area contributed by atoms with Gasteiger partial charge < -0.3 is 5.73 Å². The highest BCUT2D eigenvalue weighted by Crippen LogP contribution is 2.26. The van der Waals surface area contributed by atoms with E-state index in [-0.39, 0.29) is 5.91 Å². The van der Waals surface area contributed by atoms with Crippen LogP contribution in [0.3, 0.4) is 0 Å². The molecule has 0 heterocycles. The van der Waals surface area contributed by atoms with Crippen LogP contribution in [-0.2, 0) is 4.79 Å². The van der Waals surface area contributed by atoms with Crippen molar-refractivity contribution in [2.24, 2.45) is 5.73 Å². The van der Waals surface area contributed by atoms with Gasteiger partial charge in [0.1, 0.15) is 4.32 Å². The van der Waals surface area contributed by atoms with Crippen LogP contribution in [0, 0.1) is 12.8 Å². The molecule has 0 bridgehead atoms. The topological polar surface area (TPSA) is 72.2 Å². The first-order valence-corrected chi connectivity index (χ1v) is 4.88. The third-order valence-corrected chi connectivity index (χ3v) is 3.25. The fourth-order valence-electron chi connectivity index (χ4n) is 0.795. The molecule has 0 aliphatic carbocycles. The molecule has 0 spiro atoms. The molecule has 0 radical (unpaired) electrons. The molecule has 3 amide bonds. The Labute approximate surface area is 92.7 Å². The van der Waals surface area contributed by atoms with Gasteiger partial charge in [0.15, 0.2) is 0 Å². The minimum Gasteiger partial charge on any atom is -0.351 e. The van der Waals surface area contributed by atoms with Gasteiger partial charge >= 0.3 is 6.03 Å². The molecule has 4 nitrogen and oxygen atoms in total. The van der Waals surface area contributed by atoms with Crippen LogP contribution in [0.2, 0.25) is 0 Å². The normalized spacial score (nSPS) is 9.50. The second kappa shape index (κ2) is 7.39. The van der Waals surface area contributed by atoms with E-state index in [2.05, 4.69) is 28.8 Å². The van der Waals surface area contributed by atoms with Crippen molar-refractivity contribution in [1.29, 1.82) is 0 Å². The molecule has 80 valence electrons. The minimum atomic E-state index is -0.814. The third-order valence-electron chi connectivity index (χ3n) is 1.76. The van der Waals surface area contributed by atoms with E-state index in [1.54, 1.807) is 0 Å². The summed E-state index contributed by atoms with van der Waals surface area (Å²) in [4.78, 5) is 21.6. The number of amides is 3. The molecular formula is C9H15BrN2O2. The molecule has 0 fully saturated rings. The lowest BCUT2D eigenvalue weighted by Gasteiger charge is -2.21. The van der Waals surface area contributed by atoms with Gasteiger partial charge in [0.2, 0.25) is 5.91 Å².